The van der Waals surface area contributed by atoms with Gasteiger partial charge in [0.2, 0.25) is 0 Å². The van der Waals surface area contributed by atoms with E-state index in [1.807, 2.05) is 6.92 Å². The lowest BCUT2D eigenvalue weighted by atomic mass is 10.1. The first-order valence-corrected chi connectivity index (χ1v) is 7.14. The van der Waals surface area contributed by atoms with Gasteiger partial charge >= 0.3 is 0 Å². The fraction of sp³-hybridized carbons (Fsp3) is 0.533. The van der Waals surface area contributed by atoms with Crippen molar-refractivity contribution in [1.82, 2.24) is 15.0 Å². The molecule has 0 radical (unpaired) electrons. The maximum Gasteiger partial charge on any atom is 0.258 e. The summed E-state index contributed by atoms with van der Waals surface area (Å²) in [5, 5.41) is 14.5. The highest BCUT2D eigenvalue weighted by Gasteiger charge is 2.31. The lowest BCUT2D eigenvalue weighted by Gasteiger charge is -2.21. The number of rotatable bonds is 4. The second kappa shape index (κ2) is 5.11. The van der Waals surface area contributed by atoms with Crippen LogP contribution in [0, 0.1) is 19.8 Å². The smallest absolute Gasteiger partial charge is 0.258 e. The first-order valence-electron chi connectivity index (χ1n) is 7.14. The highest BCUT2D eigenvalue weighted by atomic mass is 16.5. The van der Waals surface area contributed by atoms with Gasteiger partial charge in [-0.15, -0.1) is 0 Å². The Bertz CT molecular complexity index is 691. The van der Waals surface area contributed by atoms with E-state index in [1.165, 1.54) is 0 Å². The largest absolute Gasteiger partial charge is 0.391 e. The molecular weight excluding hydrogens is 270 g/mol. The van der Waals surface area contributed by atoms with Crippen LogP contribution >= 0.6 is 0 Å². The molecule has 6 nitrogen and oxygen atoms in total. The third kappa shape index (κ3) is 2.63. The topological polar surface area (TPSA) is 79.5 Å². The van der Waals surface area contributed by atoms with Crippen molar-refractivity contribution in [2.75, 3.05) is 13.6 Å². The standard InChI is InChI=1S/C15H19N3O3/c1-8-6-11(13-9(2)17-21-14(13)16-8)15(20)18(3)7-12(19)10-4-5-10/h6,10,12,19H,4-5,7H2,1-3H3. The van der Waals surface area contributed by atoms with Gasteiger partial charge in [0.15, 0.2) is 0 Å². The average Bonchev–Trinajstić information content (AvgIpc) is 3.22. The normalized spacial score (nSPS) is 16.2. The van der Waals surface area contributed by atoms with Gasteiger partial charge in [0, 0.05) is 19.3 Å². The first kappa shape index (κ1) is 14.0. The zero-order valence-electron chi connectivity index (χ0n) is 12.5. The van der Waals surface area contributed by atoms with Crippen molar-refractivity contribution in [3.63, 3.8) is 0 Å². The summed E-state index contributed by atoms with van der Waals surface area (Å²) < 4.78 is 5.15. The summed E-state index contributed by atoms with van der Waals surface area (Å²) in [6, 6.07) is 1.74. The van der Waals surface area contributed by atoms with Gasteiger partial charge in [-0.05, 0) is 38.7 Å². The molecule has 2 heterocycles. The number of likely N-dealkylation sites (N-methyl/N-ethyl adjacent to an activating group) is 1. The van der Waals surface area contributed by atoms with Crippen molar-refractivity contribution in [2.45, 2.75) is 32.8 Å². The molecule has 0 saturated heterocycles. The second-order valence-corrected chi connectivity index (χ2v) is 5.85. The molecule has 1 unspecified atom stereocenters. The Hall–Kier alpha value is -1.95. The van der Waals surface area contributed by atoms with Gasteiger partial charge in [0.1, 0.15) is 0 Å². The second-order valence-electron chi connectivity index (χ2n) is 5.85. The van der Waals surface area contributed by atoms with Crippen molar-refractivity contribution in [3.05, 3.63) is 23.0 Å². The lowest BCUT2D eigenvalue weighted by Crippen LogP contribution is -2.35. The maximum absolute atomic E-state index is 12.7. The third-order valence-corrected chi connectivity index (χ3v) is 3.95. The van der Waals surface area contributed by atoms with Crippen LogP contribution in [-0.4, -0.2) is 45.8 Å². The van der Waals surface area contributed by atoms with Crippen molar-refractivity contribution < 1.29 is 14.4 Å². The van der Waals surface area contributed by atoms with Crippen LogP contribution in [-0.2, 0) is 0 Å². The van der Waals surface area contributed by atoms with Crippen molar-refractivity contribution >= 4 is 17.0 Å². The fourth-order valence-electron chi connectivity index (χ4n) is 2.59. The minimum Gasteiger partial charge on any atom is -0.391 e. The molecule has 1 aliphatic carbocycles. The number of aliphatic hydroxyl groups is 1. The molecule has 1 aliphatic rings. The summed E-state index contributed by atoms with van der Waals surface area (Å²) in [6.07, 6.45) is 1.65. The monoisotopic (exact) mass is 289 g/mol. The molecule has 1 atom stereocenters. The number of amides is 1. The molecule has 1 amide bonds. The van der Waals surface area contributed by atoms with E-state index in [-0.39, 0.29) is 5.91 Å². The summed E-state index contributed by atoms with van der Waals surface area (Å²) in [6.45, 7) is 3.95. The van der Waals surface area contributed by atoms with E-state index < -0.39 is 6.10 Å². The minimum absolute atomic E-state index is 0.142. The number of hydrogen-bond donors (Lipinski definition) is 1. The molecule has 3 rings (SSSR count). The average molecular weight is 289 g/mol. The molecule has 1 fully saturated rings. The van der Waals surface area contributed by atoms with E-state index in [9.17, 15) is 9.90 Å². The molecular formula is C15H19N3O3. The van der Waals surface area contributed by atoms with E-state index in [2.05, 4.69) is 10.1 Å². The zero-order chi connectivity index (χ0) is 15.1. The number of nitrogens with zero attached hydrogens (tertiary/aromatic N) is 3. The van der Waals surface area contributed by atoms with Crippen molar-refractivity contribution in [1.29, 1.82) is 0 Å². The van der Waals surface area contributed by atoms with Crippen LogP contribution in [0.1, 0.15) is 34.6 Å². The molecule has 0 bridgehead atoms. The first-order chi connectivity index (χ1) is 9.97. The lowest BCUT2D eigenvalue weighted by molar-refractivity contribution is 0.0647. The van der Waals surface area contributed by atoms with Crippen LogP contribution in [0.4, 0.5) is 0 Å². The molecule has 2 aromatic rings. The number of hydrogen-bond acceptors (Lipinski definition) is 5. The quantitative estimate of drug-likeness (QED) is 0.926. The van der Waals surface area contributed by atoms with E-state index in [0.717, 1.165) is 12.8 Å². The Labute approximate surface area is 122 Å². The molecule has 0 aliphatic heterocycles. The molecule has 2 aromatic heterocycles. The summed E-state index contributed by atoms with van der Waals surface area (Å²) in [7, 11) is 1.71. The van der Waals surface area contributed by atoms with Gasteiger partial charge in [-0.3, -0.25) is 4.79 Å². The van der Waals surface area contributed by atoms with Crippen LogP contribution in [0.25, 0.3) is 11.1 Å². The fourth-order valence-corrected chi connectivity index (χ4v) is 2.59. The Balaban J connectivity index is 1.91. The predicted molar refractivity (Wildman–Crippen MR) is 77.0 cm³/mol. The number of pyridine rings is 1. The van der Waals surface area contributed by atoms with Crippen LogP contribution in [0.5, 0.6) is 0 Å². The summed E-state index contributed by atoms with van der Waals surface area (Å²) in [5.74, 6) is 0.202. The number of aromatic nitrogens is 2. The predicted octanol–water partition coefficient (Wildman–Crippen LogP) is 1.68. The number of carbonyl (C=O) groups excluding carboxylic acids is 1. The third-order valence-electron chi connectivity index (χ3n) is 3.95. The van der Waals surface area contributed by atoms with Crippen molar-refractivity contribution in [2.24, 2.45) is 5.92 Å². The van der Waals surface area contributed by atoms with Gasteiger partial charge in [-0.2, -0.15) is 0 Å². The number of aryl methyl sites for hydroxylation is 2. The molecule has 0 aromatic carbocycles. The van der Waals surface area contributed by atoms with Crippen LogP contribution in [0.15, 0.2) is 10.6 Å². The van der Waals surface area contributed by atoms with Gasteiger partial charge in [0.05, 0.1) is 22.7 Å². The van der Waals surface area contributed by atoms with Crippen molar-refractivity contribution in [3.8, 4) is 0 Å². The summed E-state index contributed by atoms with van der Waals surface area (Å²) in [4.78, 5) is 18.5. The molecule has 1 saturated carbocycles. The van der Waals surface area contributed by atoms with Crippen LogP contribution < -0.4 is 0 Å². The summed E-state index contributed by atoms with van der Waals surface area (Å²) in [5.41, 5.74) is 2.27. The van der Waals surface area contributed by atoms with Gasteiger partial charge in [0.25, 0.3) is 11.6 Å². The highest BCUT2D eigenvalue weighted by Crippen LogP contribution is 2.33. The van der Waals surface area contributed by atoms with Crippen LogP contribution in [0.3, 0.4) is 0 Å². The number of aliphatic hydroxyl groups excluding tert-OH is 1. The molecule has 1 N–H and O–H groups in total. The van der Waals surface area contributed by atoms with Gasteiger partial charge < -0.3 is 14.5 Å². The van der Waals surface area contributed by atoms with E-state index >= 15 is 0 Å². The molecule has 112 valence electrons. The Kier molecular flexibility index (Phi) is 3.41. The van der Waals surface area contributed by atoms with Gasteiger partial charge in [-0.1, -0.05) is 5.16 Å². The Morgan fingerprint density at radius 3 is 2.90 bits per heavy atom. The number of fused-ring (bicyclic) bond motifs is 1. The highest BCUT2D eigenvalue weighted by molar-refractivity contribution is 6.05. The summed E-state index contributed by atoms with van der Waals surface area (Å²) >= 11 is 0. The van der Waals surface area contributed by atoms with E-state index in [1.54, 1.807) is 24.9 Å². The van der Waals surface area contributed by atoms with E-state index in [0.29, 0.717) is 40.5 Å². The molecule has 21 heavy (non-hydrogen) atoms. The SMILES string of the molecule is Cc1cc(C(=O)N(C)CC(O)C2CC2)c2c(C)noc2n1. The Morgan fingerprint density at radius 2 is 2.24 bits per heavy atom. The maximum atomic E-state index is 12.7. The van der Waals surface area contributed by atoms with E-state index in [4.69, 9.17) is 4.52 Å². The van der Waals surface area contributed by atoms with Crippen LogP contribution in [0.2, 0.25) is 0 Å². The minimum atomic E-state index is -0.444. The Morgan fingerprint density at radius 1 is 1.52 bits per heavy atom. The van der Waals surface area contributed by atoms with Gasteiger partial charge in [-0.25, -0.2) is 4.98 Å². The zero-order valence-corrected chi connectivity index (χ0v) is 12.5. The number of carbonyl (C=O) groups is 1. The molecule has 0 spiro atoms. The molecule has 6 heteroatoms.